The monoisotopic (exact) mass is 444 g/mol. The fourth-order valence-electron chi connectivity index (χ4n) is 4.12. The van der Waals surface area contributed by atoms with E-state index in [4.69, 9.17) is 15.7 Å². The first-order valence-corrected chi connectivity index (χ1v) is 11.4. The van der Waals surface area contributed by atoms with Crippen molar-refractivity contribution in [3.05, 3.63) is 70.9 Å². The van der Waals surface area contributed by atoms with Crippen LogP contribution in [0.5, 0.6) is 0 Å². The molecule has 3 N–H and O–H groups in total. The van der Waals surface area contributed by atoms with E-state index in [-0.39, 0.29) is 0 Å². The van der Waals surface area contributed by atoms with Crippen LogP contribution in [0.25, 0.3) is 21.6 Å². The largest absolute Gasteiger partial charge is 0.366 e. The van der Waals surface area contributed by atoms with Crippen molar-refractivity contribution < 1.29 is 4.79 Å². The smallest absolute Gasteiger partial charge is 0.250 e. The number of aromatic nitrogens is 3. The Hall–Kier alpha value is -3.36. The molecule has 162 valence electrons. The predicted octanol–water partition coefficient (Wildman–Crippen LogP) is 3.84. The second kappa shape index (κ2) is 8.64. The number of hydrogen-bond donors (Lipinski definition) is 2. The summed E-state index contributed by atoms with van der Waals surface area (Å²) in [5.41, 5.74) is 9.99. The number of nitrogens with zero attached hydrogens (tertiary/aromatic N) is 4. The number of carbonyl (C=O) groups excluding carboxylic acids is 1. The van der Waals surface area contributed by atoms with Gasteiger partial charge in [0, 0.05) is 24.0 Å². The van der Waals surface area contributed by atoms with Crippen LogP contribution in [0.3, 0.4) is 0 Å². The third-order valence-corrected chi connectivity index (χ3v) is 6.61. The van der Waals surface area contributed by atoms with Gasteiger partial charge in [-0.05, 0) is 49.6 Å². The SMILES string of the molecule is CN1CCCc2nc(-c3snc4c(C(N)=O)cccc34)nc(NCc3ccccc3)c2C1. The van der Waals surface area contributed by atoms with Gasteiger partial charge >= 0.3 is 0 Å². The van der Waals surface area contributed by atoms with Gasteiger partial charge in [0.1, 0.15) is 10.7 Å². The highest BCUT2D eigenvalue weighted by atomic mass is 32.1. The van der Waals surface area contributed by atoms with Gasteiger partial charge in [-0.25, -0.2) is 9.97 Å². The van der Waals surface area contributed by atoms with Gasteiger partial charge in [0.2, 0.25) is 0 Å². The number of rotatable bonds is 5. The van der Waals surface area contributed by atoms with Gasteiger partial charge in [0.15, 0.2) is 5.82 Å². The molecular formula is C24H24N6OS. The molecule has 0 aliphatic carbocycles. The van der Waals surface area contributed by atoms with E-state index in [1.165, 1.54) is 17.1 Å². The quantitative estimate of drug-likeness (QED) is 0.485. The molecule has 4 aromatic rings. The Labute approximate surface area is 190 Å². The number of benzene rings is 2. The molecule has 2 aromatic heterocycles. The van der Waals surface area contributed by atoms with Gasteiger partial charge in [0.25, 0.3) is 5.91 Å². The Kier molecular flexibility index (Phi) is 5.55. The molecule has 0 radical (unpaired) electrons. The number of fused-ring (bicyclic) bond motifs is 2. The standard InChI is InChI=1S/C24H24N6OS/c1-30-12-6-11-19-18(14-30)23(26-13-15-7-3-2-4-8-15)28-24(27-19)21-16-9-5-10-17(22(25)31)20(16)29-32-21/h2-5,7-10H,6,11-14H2,1H3,(H2,25,31)(H,26,27,28). The molecule has 1 aliphatic rings. The molecule has 32 heavy (non-hydrogen) atoms. The summed E-state index contributed by atoms with van der Waals surface area (Å²) in [7, 11) is 2.13. The van der Waals surface area contributed by atoms with Gasteiger partial charge in [-0.2, -0.15) is 4.37 Å². The van der Waals surface area contributed by atoms with E-state index in [0.717, 1.165) is 53.3 Å². The Morgan fingerprint density at radius 1 is 1.16 bits per heavy atom. The first-order valence-electron chi connectivity index (χ1n) is 10.6. The molecule has 8 heteroatoms. The first kappa shape index (κ1) is 20.5. The maximum absolute atomic E-state index is 11.8. The van der Waals surface area contributed by atoms with Crippen molar-refractivity contribution in [3.8, 4) is 10.7 Å². The van der Waals surface area contributed by atoms with Crippen molar-refractivity contribution in [2.24, 2.45) is 5.73 Å². The minimum atomic E-state index is -0.483. The lowest BCUT2D eigenvalue weighted by molar-refractivity contribution is 0.100. The summed E-state index contributed by atoms with van der Waals surface area (Å²) < 4.78 is 4.51. The van der Waals surface area contributed by atoms with Crippen molar-refractivity contribution in [3.63, 3.8) is 0 Å². The zero-order valence-electron chi connectivity index (χ0n) is 17.8. The molecule has 1 amide bonds. The van der Waals surface area contributed by atoms with Crippen LogP contribution in [0, 0.1) is 0 Å². The lowest BCUT2D eigenvalue weighted by Crippen LogP contribution is -2.19. The summed E-state index contributed by atoms with van der Waals surface area (Å²) >= 11 is 1.31. The van der Waals surface area contributed by atoms with Crippen molar-refractivity contribution in [2.45, 2.75) is 25.9 Å². The van der Waals surface area contributed by atoms with Crippen LogP contribution in [0.1, 0.15) is 33.6 Å². The number of amides is 1. The van der Waals surface area contributed by atoms with Gasteiger partial charge in [-0.15, -0.1) is 0 Å². The van der Waals surface area contributed by atoms with Crippen molar-refractivity contribution >= 4 is 34.2 Å². The van der Waals surface area contributed by atoms with Crippen LogP contribution in [-0.4, -0.2) is 38.7 Å². The fraction of sp³-hybridized carbons (Fsp3) is 0.250. The number of aryl methyl sites for hydroxylation is 1. The Balaban J connectivity index is 1.60. The zero-order valence-corrected chi connectivity index (χ0v) is 18.7. The molecular weight excluding hydrogens is 420 g/mol. The van der Waals surface area contributed by atoms with Crippen molar-refractivity contribution in [1.29, 1.82) is 0 Å². The summed E-state index contributed by atoms with van der Waals surface area (Å²) in [5, 5.41) is 4.40. The summed E-state index contributed by atoms with van der Waals surface area (Å²) in [5.74, 6) is 1.01. The molecule has 0 saturated heterocycles. The Morgan fingerprint density at radius 2 is 2.00 bits per heavy atom. The van der Waals surface area contributed by atoms with Gasteiger partial charge in [0.05, 0.1) is 16.8 Å². The molecule has 0 spiro atoms. The minimum Gasteiger partial charge on any atom is -0.366 e. The lowest BCUT2D eigenvalue weighted by Gasteiger charge is -2.18. The van der Waals surface area contributed by atoms with E-state index < -0.39 is 5.91 Å². The van der Waals surface area contributed by atoms with Gasteiger partial charge < -0.3 is 16.0 Å². The topological polar surface area (TPSA) is 97.0 Å². The van der Waals surface area contributed by atoms with Gasteiger partial charge in [-0.3, -0.25) is 4.79 Å². The minimum absolute atomic E-state index is 0.420. The van der Waals surface area contributed by atoms with Crippen molar-refractivity contribution in [2.75, 3.05) is 18.9 Å². The van der Waals surface area contributed by atoms with Gasteiger partial charge in [-0.1, -0.05) is 42.5 Å². The second-order valence-corrected chi connectivity index (χ2v) is 8.85. The average molecular weight is 445 g/mol. The van der Waals surface area contributed by atoms with E-state index in [0.29, 0.717) is 23.4 Å². The Bertz CT molecular complexity index is 1290. The van der Waals surface area contributed by atoms with Crippen LogP contribution in [-0.2, 0) is 19.5 Å². The number of nitrogens with two attached hydrogens (primary N) is 1. The number of primary amides is 1. The van der Waals surface area contributed by atoms with E-state index in [2.05, 4.69) is 33.8 Å². The predicted molar refractivity (Wildman–Crippen MR) is 128 cm³/mol. The molecule has 3 heterocycles. The number of hydrogen-bond acceptors (Lipinski definition) is 7. The number of carbonyl (C=O) groups is 1. The Morgan fingerprint density at radius 3 is 2.81 bits per heavy atom. The van der Waals surface area contributed by atoms with Crippen LogP contribution >= 0.6 is 11.5 Å². The van der Waals surface area contributed by atoms with Crippen LogP contribution in [0.15, 0.2) is 48.5 Å². The van der Waals surface area contributed by atoms with E-state index in [9.17, 15) is 4.79 Å². The van der Waals surface area contributed by atoms with Crippen LogP contribution in [0.4, 0.5) is 5.82 Å². The second-order valence-electron chi connectivity index (χ2n) is 8.08. The maximum atomic E-state index is 11.8. The van der Waals surface area contributed by atoms with Crippen molar-refractivity contribution in [1.82, 2.24) is 19.2 Å². The summed E-state index contributed by atoms with van der Waals surface area (Å²) in [6.45, 7) is 2.51. The molecule has 0 fully saturated rings. The lowest BCUT2D eigenvalue weighted by atomic mass is 10.1. The molecule has 0 bridgehead atoms. The molecule has 0 atom stereocenters. The van der Waals surface area contributed by atoms with E-state index >= 15 is 0 Å². The highest BCUT2D eigenvalue weighted by Crippen LogP contribution is 2.34. The number of nitrogens with one attached hydrogen (secondary N) is 1. The first-order chi connectivity index (χ1) is 15.6. The molecule has 5 rings (SSSR count). The summed E-state index contributed by atoms with van der Waals surface area (Å²) in [6, 6.07) is 15.8. The highest BCUT2D eigenvalue weighted by Gasteiger charge is 2.22. The average Bonchev–Trinajstić information content (AvgIpc) is 3.14. The molecule has 0 unspecified atom stereocenters. The summed E-state index contributed by atoms with van der Waals surface area (Å²) in [4.78, 5) is 24.9. The van der Waals surface area contributed by atoms with Crippen LogP contribution in [0.2, 0.25) is 0 Å². The molecule has 7 nitrogen and oxygen atoms in total. The molecule has 1 aliphatic heterocycles. The third kappa shape index (κ3) is 3.94. The zero-order chi connectivity index (χ0) is 22.1. The number of anilines is 1. The normalized spacial score (nSPS) is 14.2. The third-order valence-electron chi connectivity index (χ3n) is 5.75. The fourth-order valence-corrected chi connectivity index (χ4v) is 4.94. The van der Waals surface area contributed by atoms with E-state index in [1.54, 1.807) is 6.07 Å². The maximum Gasteiger partial charge on any atom is 0.250 e. The molecule has 0 saturated carbocycles. The highest BCUT2D eigenvalue weighted by molar-refractivity contribution is 7.11. The van der Waals surface area contributed by atoms with Crippen LogP contribution < -0.4 is 11.1 Å². The summed E-state index contributed by atoms with van der Waals surface area (Å²) in [6.07, 6.45) is 1.95. The molecule has 2 aromatic carbocycles. The van der Waals surface area contributed by atoms with E-state index in [1.807, 2.05) is 30.3 Å².